The summed E-state index contributed by atoms with van der Waals surface area (Å²) in [6.07, 6.45) is -5.15. The summed E-state index contributed by atoms with van der Waals surface area (Å²) in [4.78, 5) is 22.9. The average Bonchev–Trinajstić information content (AvgIpc) is 2.28. The summed E-state index contributed by atoms with van der Waals surface area (Å²) < 4.78 is 38.0. The lowest BCUT2D eigenvalue weighted by Crippen LogP contribution is -2.37. The molecule has 0 saturated carbocycles. The van der Waals surface area contributed by atoms with E-state index < -0.39 is 23.7 Å². The van der Waals surface area contributed by atoms with Gasteiger partial charge in [0.2, 0.25) is 0 Å². The van der Waals surface area contributed by atoms with Crippen molar-refractivity contribution in [3.63, 3.8) is 0 Å². The molecular weight excluding hydrogens is 233 g/mol. The number of Topliss-reactive ketones (excluding diaryl/α,β-unsaturated/α-hetero) is 2. The van der Waals surface area contributed by atoms with Gasteiger partial charge >= 0.3 is 6.18 Å². The van der Waals surface area contributed by atoms with Gasteiger partial charge in [-0.25, -0.2) is 0 Å². The lowest BCUT2D eigenvalue weighted by Gasteiger charge is -2.17. The molecule has 1 rings (SSSR count). The minimum Gasteiger partial charge on any atom is -0.299 e. The Labute approximate surface area is 96.4 Å². The van der Waals surface area contributed by atoms with Gasteiger partial charge in [0.25, 0.3) is 0 Å². The van der Waals surface area contributed by atoms with Crippen molar-refractivity contribution in [2.45, 2.75) is 19.5 Å². The summed E-state index contributed by atoms with van der Waals surface area (Å²) in [5, 5.41) is 0. The fourth-order valence-corrected chi connectivity index (χ4v) is 1.45. The maximum atomic E-state index is 12.7. The van der Waals surface area contributed by atoms with E-state index in [1.54, 1.807) is 6.07 Å². The van der Waals surface area contributed by atoms with Crippen LogP contribution in [0.25, 0.3) is 0 Å². The summed E-state index contributed by atoms with van der Waals surface area (Å²) in [5.41, 5.74) is -0.100. The maximum absolute atomic E-state index is 12.7. The molecule has 17 heavy (non-hydrogen) atoms. The van der Waals surface area contributed by atoms with E-state index >= 15 is 0 Å². The molecular formula is C12H11F3O2. The van der Waals surface area contributed by atoms with Crippen LogP contribution in [-0.4, -0.2) is 17.7 Å². The molecule has 0 radical (unpaired) electrons. The van der Waals surface area contributed by atoms with Crippen LogP contribution < -0.4 is 0 Å². The van der Waals surface area contributed by atoms with Crippen molar-refractivity contribution in [1.82, 2.24) is 0 Å². The molecule has 2 nitrogen and oxygen atoms in total. The molecule has 0 aliphatic carbocycles. The second-order valence-electron chi connectivity index (χ2n) is 3.52. The molecule has 0 saturated heterocycles. The number of alkyl halides is 3. The van der Waals surface area contributed by atoms with Gasteiger partial charge in [-0.1, -0.05) is 37.3 Å². The Bertz CT molecular complexity index is 410. The predicted octanol–water partition coefficient (Wildman–Crippen LogP) is 3.03. The molecule has 0 N–H and O–H groups in total. The molecule has 1 aromatic rings. The van der Waals surface area contributed by atoms with E-state index in [0.717, 1.165) is 0 Å². The van der Waals surface area contributed by atoms with Gasteiger partial charge in [-0.3, -0.25) is 9.59 Å². The number of ketones is 2. The molecule has 1 atom stereocenters. The zero-order valence-corrected chi connectivity index (χ0v) is 9.12. The van der Waals surface area contributed by atoms with Gasteiger partial charge in [-0.15, -0.1) is 0 Å². The van der Waals surface area contributed by atoms with Crippen molar-refractivity contribution in [1.29, 1.82) is 0 Å². The van der Waals surface area contributed by atoms with E-state index in [1.165, 1.54) is 31.2 Å². The summed E-state index contributed by atoms with van der Waals surface area (Å²) in [6, 6.07) is 7.03. The van der Waals surface area contributed by atoms with Gasteiger partial charge in [0.1, 0.15) is 0 Å². The molecule has 92 valence electrons. The number of benzene rings is 1. The van der Waals surface area contributed by atoms with Crippen LogP contribution in [0.15, 0.2) is 30.3 Å². The highest BCUT2D eigenvalue weighted by atomic mass is 19.4. The summed E-state index contributed by atoms with van der Waals surface area (Å²) in [6.45, 7) is 1.30. The number of halogens is 3. The zero-order chi connectivity index (χ0) is 13.1. The Balaban J connectivity index is 3.09. The molecule has 1 unspecified atom stereocenters. The topological polar surface area (TPSA) is 34.1 Å². The third kappa shape index (κ3) is 3.15. The highest BCUT2D eigenvalue weighted by Gasteiger charge is 2.48. The van der Waals surface area contributed by atoms with Crippen molar-refractivity contribution in [2.24, 2.45) is 5.92 Å². The SMILES string of the molecule is CCC(=O)C(C(=O)c1ccccc1)C(F)(F)F. The first-order valence-corrected chi connectivity index (χ1v) is 5.06. The fraction of sp³-hybridized carbons (Fsp3) is 0.333. The van der Waals surface area contributed by atoms with Gasteiger partial charge in [0.05, 0.1) is 0 Å². The normalized spacial score (nSPS) is 13.2. The second-order valence-corrected chi connectivity index (χ2v) is 3.52. The van der Waals surface area contributed by atoms with E-state index in [0.29, 0.717) is 0 Å². The maximum Gasteiger partial charge on any atom is 0.405 e. The Kier molecular flexibility index (Phi) is 4.04. The van der Waals surface area contributed by atoms with Crippen molar-refractivity contribution in [3.8, 4) is 0 Å². The standard InChI is InChI=1S/C12H11F3O2/c1-2-9(16)10(12(13,14)15)11(17)8-6-4-3-5-7-8/h3-7,10H,2H2,1H3. The highest BCUT2D eigenvalue weighted by molar-refractivity contribution is 6.11. The molecule has 0 fully saturated rings. The van der Waals surface area contributed by atoms with Crippen LogP contribution in [0.5, 0.6) is 0 Å². The number of hydrogen-bond donors (Lipinski definition) is 0. The first-order chi connectivity index (χ1) is 7.88. The van der Waals surface area contributed by atoms with Crippen LogP contribution >= 0.6 is 0 Å². The van der Waals surface area contributed by atoms with E-state index in [1.807, 2.05) is 0 Å². The largest absolute Gasteiger partial charge is 0.405 e. The lowest BCUT2D eigenvalue weighted by atomic mass is 9.92. The highest BCUT2D eigenvalue weighted by Crippen LogP contribution is 2.30. The smallest absolute Gasteiger partial charge is 0.299 e. The molecule has 0 aromatic heterocycles. The summed E-state index contributed by atoms with van der Waals surface area (Å²) >= 11 is 0. The molecule has 0 aliphatic rings. The second kappa shape index (κ2) is 5.12. The molecule has 0 spiro atoms. The van der Waals surface area contributed by atoms with Crippen molar-refractivity contribution < 1.29 is 22.8 Å². The van der Waals surface area contributed by atoms with Crippen LogP contribution in [0.3, 0.4) is 0 Å². The number of rotatable bonds is 4. The van der Waals surface area contributed by atoms with Crippen molar-refractivity contribution in [3.05, 3.63) is 35.9 Å². The minimum absolute atomic E-state index is 0.100. The Hall–Kier alpha value is -1.65. The Morgan fingerprint density at radius 1 is 1.18 bits per heavy atom. The predicted molar refractivity (Wildman–Crippen MR) is 55.6 cm³/mol. The summed E-state index contributed by atoms with van der Waals surface area (Å²) in [5.74, 6) is -4.84. The molecule has 0 amide bonds. The van der Waals surface area contributed by atoms with Crippen LogP contribution in [0.4, 0.5) is 13.2 Å². The first kappa shape index (κ1) is 13.4. The van der Waals surface area contributed by atoms with E-state index in [-0.39, 0.29) is 12.0 Å². The van der Waals surface area contributed by atoms with E-state index in [2.05, 4.69) is 0 Å². The van der Waals surface area contributed by atoms with Crippen LogP contribution in [0, 0.1) is 5.92 Å². The third-order valence-corrected chi connectivity index (χ3v) is 2.32. The summed E-state index contributed by atoms with van der Waals surface area (Å²) in [7, 11) is 0. The minimum atomic E-state index is -4.83. The van der Waals surface area contributed by atoms with Gasteiger partial charge in [-0.2, -0.15) is 13.2 Å². The quantitative estimate of drug-likeness (QED) is 0.602. The van der Waals surface area contributed by atoms with Gasteiger partial charge in [0, 0.05) is 12.0 Å². The van der Waals surface area contributed by atoms with Gasteiger partial charge in [0.15, 0.2) is 17.5 Å². The third-order valence-electron chi connectivity index (χ3n) is 2.32. The number of hydrogen-bond acceptors (Lipinski definition) is 2. The molecule has 0 heterocycles. The molecule has 0 aliphatic heterocycles. The van der Waals surface area contributed by atoms with E-state index in [9.17, 15) is 22.8 Å². The number of carbonyl (C=O) groups is 2. The fourth-order valence-electron chi connectivity index (χ4n) is 1.45. The Morgan fingerprint density at radius 3 is 2.12 bits per heavy atom. The molecule has 1 aromatic carbocycles. The molecule has 5 heteroatoms. The average molecular weight is 244 g/mol. The van der Waals surface area contributed by atoms with E-state index in [4.69, 9.17) is 0 Å². The van der Waals surface area contributed by atoms with Crippen molar-refractivity contribution >= 4 is 11.6 Å². The first-order valence-electron chi connectivity index (χ1n) is 5.06. The van der Waals surface area contributed by atoms with Crippen LogP contribution in [-0.2, 0) is 4.79 Å². The van der Waals surface area contributed by atoms with Crippen molar-refractivity contribution in [2.75, 3.05) is 0 Å². The monoisotopic (exact) mass is 244 g/mol. The van der Waals surface area contributed by atoms with Crippen LogP contribution in [0.1, 0.15) is 23.7 Å². The molecule has 0 bridgehead atoms. The van der Waals surface area contributed by atoms with Gasteiger partial charge in [-0.05, 0) is 0 Å². The van der Waals surface area contributed by atoms with Gasteiger partial charge < -0.3 is 0 Å². The Morgan fingerprint density at radius 2 is 1.71 bits per heavy atom. The number of carbonyl (C=O) groups excluding carboxylic acids is 2. The zero-order valence-electron chi connectivity index (χ0n) is 9.12. The lowest BCUT2D eigenvalue weighted by molar-refractivity contribution is -0.170. The van der Waals surface area contributed by atoms with Crippen LogP contribution in [0.2, 0.25) is 0 Å².